The quantitative estimate of drug-likeness (QED) is 0.605. The smallest absolute Gasteiger partial charge is 0.311 e. The average Bonchev–Trinajstić information content (AvgIpc) is 3.21. The van der Waals surface area contributed by atoms with Crippen LogP contribution in [0.25, 0.3) is 0 Å². The van der Waals surface area contributed by atoms with Crippen LogP contribution in [0.3, 0.4) is 0 Å². The zero-order valence-corrected chi connectivity index (χ0v) is 14.8. The molecule has 1 heterocycles. The zero-order valence-electron chi connectivity index (χ0n) is 14.8. The van der Waals surface area contributed by atoms with Crippen molar-refractivity contribution < 1.29 is 19.2 Å². The average molecular weight is 361 g/mol. The Morgan fingerprint density at radius 1 is 1.12 bits per heavy atom. The van der Waals surface area contributed by atoms with E-state index in [4.69, 9.17) is 4.74 Å². The topological polar surface area (TPSA) is 93.0 Å². The van der Waals surface area contributed by atoms with Crippen LogP contribution in [0.5, 0.6) is 5.75 Å². The predicted molar refractivity (Wildman–Crippen MR) is 94.1 cm³/mol. The first-order valence-corrected chi connectivity index (χ1v) is 8.91. The van der Waals surface area contributed by atoms with Crippen molar-refractivity contribution >= 4 is 17.5 Å². The van der Waals surface area contributed by atoms with Crippen LogP contribution in [-0.4, -0.2) is 59.8 Å². The number of hydrogen-bond acceptors (Lipinski definition) is 5. The number of methoxy groups -OCH3 is 1. The van der Waals surface area contributed by atoms with Gasteiger partial charge in [-0.1, -0.05) is 12.8 Å². The first-order valence-electron chi connectivity index (χ1n) is 8.91. The maximum atomic E-state index is 12.7. The molecule has 0 N–H and O–H groups in total. The number of carbonyl (C=O) groups is 2. The van der Waals surface area contributed by atoms with Gasteiger partial charge in [-0.2, -0.15) is 0 Å². The maximum Gasteiger partial charge on any atom is 0.311 e. The molecule has 3 rings (SSSR count). The summed E-state index contributed by atoms with van der Waals surface area (Å²) in [5.74, 6) is 0.207. The number of nitro groups is 1. The van der Waals surface area contributed by atoms with Gasteiger partial charge in [-0.15, -0.1) is 0 Å². The Bertz CT molecular complexity index is 707. The molecule has 8 heteroatoms. The minimum Gasteiger partial charge on any atom is -0.490 e. The predicted octanol–water partition coefficient (Wildman–Crippen LogP) is 2.08. The lowest BCUT2D eigenvalue weighted by molar-refractivity contribution is -0.385. The van der Waals surface area contributed by atoms with E-state index in [9.17, 15) is 19.7 Å². The summed E-state index contributed by atoms with van der Waals surface area (Å²) in [5, 5.41) is 11.1. The Hall–Kier alpha value is -2.64. The van der Waals surface area contributed by atoms with Crippen molar-refractivity contribution in [3.05, 3.63) is 33.9 Å². The lowest BCUT2D eigenvalue weighted by Crippen LogP contribution is -2.51. The summed E-state index contributed by atoms with van der Waals surface area (Å²) in [6.07, 6.45) is 4.16. The highest BCUT2D eigenvalue weighted by Crippen LogP contribution is 2.29. The fourth-order valence-corrected chi connectivity index (χ4v) is 3.71. The van der Waals surface area contributed by atoms with E-state index in [1.807, 2.05) is 4.90 Å². The van der Waals surface area contributed by atoms with Crippen LogP contribution in [-0.2, 0) is 4.79 Å². The number of piperazine rings is 1. The van der Waals surface area contributed by atoms with Crippen molar-refractivity contribution in [2.45, 2.75) is 25.7 Å². The summed E-state index contributed by atoms with van der Waals surface area (Å²) in [7, 11) is 1.35. The summed E-state index contributed by atoms with van der Waals surface area (Å²) >= 11 is 0. The molecule has 0 spiro atoms. The van der Waals surface area contributed by atoms with Crippen LogP contribution in [0, 0.1) is 16.0 Å². The first kappa shape index (κ1) is 18.2. The molecule has 8 nitrogen and oxygen atoms in total. The molecule has 1 aromatic carbocycles. The molecule has 0 radical (unpaired) electrons. The van der Waals surface area contributed by atoms with E-state index in [0.29, 0.717) is 26.2 Å². The van der Waals surface area contributed by atoms with Crippen LogP contribution < -0.4 is 4.74 Å². The monoisotopic (exact) mass is 361 g/mol. The summed E-state index contributed by atoms with van der Waals surface area (Å²) in [5.41, 5.74) is 0.0291. The number of ether oxygens (including phenoxy) is 1. The Labute approximate surface area is 151 Å². The minimum absolute atomic E-state index is 0.124. The Balaban J connectivity index is 1.64. The largest absolute Gasteiger partial charge is 0.490 e. The molecule has 1 aromatic rings. The molecule has 1 saturated carbocycles. The van der Waals surface area contributed by atoms with Gasteiger partial charge in [0, 0.05) is 43.7 Å². The van der Waals surface area contributed by atoms with Crippen LogP contribution in [0.2, 0.25) is 0 Å². The normalized spacial score (nSPS) is 18.0. The maximum absolute atomic E-state index is 12.7. The van der Waals surface area contributed by atoms with E-state index in [0.717, 1.165) is 25.7 Å². The van der Waals surface area contributed by atoms with Crippen molar-refractivity contribution in [3.8, 4) is 5.75 Å². The lowest BCUT2D eigenvalue weighted by atomic mass is 10.1. The fraction of sp³-hybridized carbons (Fsp3) is 0.556. The molecule has 2 fully saturated rings. The Morgan fingerprint density at radius 2 is 1.73 bits per heavy atom. The van der Waals surface area contributed by atoms with Gasteiger partial charge in [0.05, 0.1) is 12.0 Å². The summed E-state index contributed by atoms with van der Waals surface area (Å²) < 4.78 is 4.97. The molecule has 0 unspecified atom stereocenters. The Morgan fingerprint density at radius 3 is 2.31 bits per heavy atom. The van der Waals surface area contributed by atoms with Crippen LogP contribution in [0.15, 0.2) is 18.2 Å². The number of rotatable bonds is 4. The minimum atomic E-state index is -0.562. The number of carbonyl (C=O) groups excluding carboxylic acids is 2. The third-order valence-electron chi connectivity index (χ3n) is 5.21. The number of nitro benzene ring substituents is 1. The number of benzene rings is 1. The van der Waals surface area contributed by atoms with E-state index in [2.05, 4.69) is 0 Å². The van der Waals surface area contributed by atoms with Gasteiger partial charge in [0.2, 0.25) is 5.91 Å². The van der Waals surface area contributed by atoms with E-state index in [-0.39, 0.29) is 34.7 Å². The van der Waals surface area contributed by atoms with Gasteiger partial charge in [-0.3, -0.25) is 19.7 Å². The zero-order chi connectivity index (χ0) is 18.7. The molecular formula is C18H23N3O5. The van der Waals surface area contributed by atoms with E-state index in [1.165, 1.54) is 25.3 Å². The van der Waals surface area contributed by atoms with Gasteiger partial charge in [0.25, 0.3) is 5.91 Å². The van der Waals surface area contributed by atoms with Gasteiger partial charge in [-0.25, -0.2) is 0 Å². The third-order valence-corrected chi connectivity index (χ3v) is 5.21. The number of amides is 2. The van der Waals surface area contributed by atoms with Crippen molar-refractivity contribution in [3.63, 3.8) is 0 Å². The second-order valence-electron chi connectivity index (χ2n) is 6.74. The van der Waals surface area contributed by atoms with Gasteiger partial charge >= 0.3 is 5.69 Å². The molecule has 2 aliphatic rings. The van der Waals surface area contributed by atoms with Crippen LogP contribution in [0.4, 0.5) is 5.69 Å². The molecule has 0 bridgehead atoms. The summed E-state index contributed by atoms with van der Waals surface area (Å²) in [6, 6.07) is 4.21. The van der Waals surface area contributed by atoms with Crippen LogP contribution >= 0.6 is 0 Å². The summed E-state index contributed by atoms with van der Waals surface area (Å²) in [4.78, 5) is 39.2. The molecule has 0 aromatic heterocycles. The standard InChI is InChI=1S/C18H23N3O5/c1-26-16-7-6-14(12-15(16)21(24)25)18(23)20-10-8-19(9-11-20)17(22)13-4-2-3-5-13/h6-7,12-13H,2-5,8-11H2,1H3. The Kier molecular flexibility index (Phi) is 5.39. The highest BCUT2D eigenvalue weighted by molar-refractivity contribution is 5.95. The highest BCUT2D eigenvalue weighted by atomic mass is 16.6. The molecular weight excluding hydrogens is 338 g/mol. The molecule has 140 valence electrons. The molecule has 2 amide bonds. The third kappa shape index (κ3) is 3.63. The molecule has 26 heavy (non-hydrogen) atoms. The second kappa shape index (κ2) is 7.72. The molecule has 1 aliphatic heterocycles. The molecule has 1 saturated heterocycles. The first-order chi connectivity index (χ1) is 12.5. The lowest BCUT2D eigenvalue weighted by Gasteiger charge is -2.36. The second-order valence-corrected chi connectivity index (χ2v) is 6.74. The number of nitrogens with zero attached hydrogens (tertiary/aromatic N) is 3. The van der Waals surface area contributed by atoms with Crippen molar-refractivity contribution in [2.24, 2.45) is 5.92 Å². The van der Waals surface area contributed by atoms with Gasteiger partial charge in [-0.05, 0) is 25.0 Å². The summed E-state index contributed by atoms with van der Waals surface area (Å²) in [6.45, 7) is 1.91. The van der Waals surface area contributed by atoms with E-state index in [1.54, 1.807) is 4.90 Å². The van der Waals surface area contributed by atoms with Gasteiger partial charge < -0.3 is 14.5 Å². The molecule has 0 atom stereocenters. The van der Waals surface area contributed by atoms with Gasteiger partial charge in [0.1, 0.15) is 0 Å². The SMILES string of the molecule is COc1ccc(C(=O)N2CCN(C(=O)C3CCCC3)CC2)cc1[N+](=O)[O-]. The highest BCUT2D eigenvalue weighted by Gasteiger charge is 2.31. The van der Waals surface area contributed by atoms with Crippen LogP contribution in [0.1, 0.15) is 36.0 Å². The van der Waals surface area contributed by atoms with Crippen molar-refractivity contribution in [1.82, 2.24) is 9.80 Å². The molecule has 1 aliphatic carbocycles. The van der Waals surface area contributed by atoms with E-state index >= 15 is 0 Å². The fourth-order valence-electron chi connectivity index (χ4n) is 3.71. The van der Waals surface area contributed by atoms with Gasteiger partial charge in [0.15, 0.2) is 5.75 Å². The van der Waals surface area contributed by atoms with Crippen molar-refractivity contribution in [2.75, 3.05) is 33.3 Å². The van der Waals surface area contributed by atoms with Crippen molar-refractivity contribution in [1.29, 1.82) is 0 Å². The van der Waals surface area contributed by atoms with E-state index < -0.39 is 4.92 Å². The number of hydrogen-bond donors (Lipinski definition) is 0.